The van der Waals surface area contributed by atoms with Crippen LogP contribution in [0.25, 0.3) is 11.3 Å². The third kappa shape index (κ3) is 1.77. The van der Waals surface area contributed by atoms with E-state index in [1.807, 2.05) is 31.2 Å². The molecular formula is C11H10N2O2S. The lowest BCUT2D eigenvalue weighted by Gasteiger charge is -2.02. The standard InChI is InChI=1S/C11H10N2O2S/c1-6-4-2-3-5-7(6)8-9(10(14)15)16-11(12)13-8/h2-5H,1H3,(H2,12,13)(H,14,15). The highest BCUT2D eigenvalue weighted by atomic mass is 32.1. The molecule has 0 bridgehead atoms. The Morgan fingerprint density at radius 3 is 2.75 bits per heavy atom. The summed E-state index contributed by atoms with van der Waals surface area (Å²) in [6, 6.07) is 7.51. The molecule has 0 unspecified atom stereocenters. The van der Waals surface area contributed by atoms with Crippen molar-refractivity contribution in [2.24, 2.45) is 0 Å². The Labute approximate surface area is 96.4 Å². The van der Waals surface area contributed by atoms with Gasteiger partial charge in [-0.2, -0.15) is 0 Å². The first-order valence-corrected chi connectivity index (χ1v) is 5.47. The third-order valence-corrected chi connectivity index (χ3v) is 3.11. The summed E-state index contributed by atoms with van der Waals surface area (Å²) >= 11 is 0.993. The van der Waals surface area contributed by atoms with Crippen molar-refractivity contribution in [1.82, 2.24) is 4.98 Å². The Morgan fingerprint density at radius 2 is 2.12 bits per heavy atom. The van der Waals surface area contributed by atoms with Crippen molar-refractivity contribution in [3.05, 3.63) is 34.7 Å². The van der Waals surface area contributed by atoms with Crippen molar-refractivity contribution in [2.45, 2.75) is 6.92 Å². The molecule has 0 aliphatic heterocycles. The zero-order valence-electron chi connectivity index (χ0n) is 8.60. The maximum absolute atomic E-state index is 11.0. The van der Waals surface area contributed by atoms with Crippen molar-refractivity contribution in [3.63, 3.8) is 0 Å². The van der Waals surface area contributed by atoms with Crippen molar-refractivity contribution >= 4 is 22.4 Å². The molecule has 5 heteroatoms. The number of hydrogen-bond donors (Lipinski definition) is 2. The lowest BCUT2D eigenvalue weighted by molar-refractivity contribution is 0.0702. The van der Waals surface area contributed by atoms with Crippen LogP contribution < -0.4 is 5.73 Å². The number of nitrogens with two attached hydrogens (primary N) is 1. The summed E-state index contributed by atoms with van der Waals surface area (Å²) in [5, 5.41) is 9.32. The summed E-state index contributed by atoms with van der Waals surface area (Å²) in [6.07, 6.45) is 0. The second-order valence-corrected chi connectivity index (χ2v) is 4.38. The lowest BCUT2D eigenvalue weighted by Crippen LogP contribution is -1.96. The summed E-state index contributed by atoms with van der Waals surface area (Å²) in [4.78, 5) is 15.3. The van der Waals surface area contributed by atoms with Gasteiger partial charge in [0.1, 0.15) is 4.88 Å². The Balaban J connectivity index is 2.64. The van der Waals surface area contributed by atoms with Gasteiger partial charge in [-0.1, -0.05) is 35.6 Å². The summed E-state index contributed by atoms with van der Waals surface area (Å²) in [6.45, 7) is 1.91. The Kier molecular flexibility index (Phi) is 2.62. The number of hydrogen-bond acceptors (Lipinski definition) is 4. The number of nitrogen functional groups attached to an aromatic ring is 1. The summed E-state index contributed by atoms with van der Waals surface area (Å²) < 4.78 is 0. The first-order valence-electron chi connectivity index (χ1n) is 4.65. The summed E-state index contributed by atoms with van der Waals surface area (Å²) in [5.74, 6) is -0.993. The molecule has 0 atom stereocenters. The fourth-order valence-corrected chi connectivity index (χ4v) is 2.19. The number of nitrogens with zero attached hydrogens (tertiary/aromatic N) is 1. The van der Waals surface area contributed by atoms with Gasteiger partial charge in [0, 0.05) is 5.56 Å². The maximum Gasteiger partial charge on any atom is 0.348 e. The predicted octanol–water partition coefficient (Wildman–Crippen LogP) is 2.40. The van der Waals surface area contributed by atoms with Gasteiger partial charge in [0.2, 0.25) is 0 Å². The van der Waals surface area contributed by atoms with Crippen LogP contribution in [-0.2, 0) is 0 Å². The molecule has 4 nitrogen and oxygen atoms in total. The fraction of sp³-hybridized carbons (Fsp3) is 0.0909. The maximum atomic E-state index is 11.0. The van der Waals surface area contributed by atoms with Gasteiger partial charge in [0.05, 0.1) is 5.69 Å². The zero-order chi connectivity index (χ0) is 11.7. The second kappa shape index (κ2) is 3.94. The molecule has 1 aromatic heterocycles. The monoisotopic (exact) mass is 234 g/mol. The molecule has 16 heavy (non-hydrogen) atoms. The fourth-order valence-electron chi connectivity index (χ4n) is 1.50. The Bertz CT molecular complexity index is 549. The lowest BCUT2D eigenvalue weighted by atomic mass is 10.1. The minimum atomic E-state index is -0.993. The van der Waals surface area contributed by atoms with Gasteiger partial charge in [-0.15, -0.1) is 0 Å². The first kappa shape index (κ1) is 10.6. The average molecular weight is 234 g/mol. The van der Waals surface area contributed by atoms with Gasteiger partial charge in [-0.05, 0) is 12.5 Å². The number of aromatic carboxylic acids is 1. The van der Waals surface area contributed by atoms with Crippen LogP contribution in [0.1, 0.15) is 15.2 Å². The van der Waals surface area contributed by atoms with Gasteiger partial charge in [-0.3, -0.25) is 0 Å². The molecule has 1 aromatic carbocycles. The Hall–Kier alpha value is -1.88. The number of anilines is 1. The van der Waals surface area contributed by atoms with Gasteiger partial charge >= 0.3 is 5.97 Å². The quantitative estimate of drug-likeness (QED) is 0.836. The number of rotatable bonds is 2. The van der Waals surface area contributed by atoms with E-state index >= 15 is 0 Å². The van der Waals surface area contributed by atoms with Crippen LogP contribution >= 0.6 is 11.3 Å². The number of carbonyl (C=O) groups is 1. The average Bonchev–Trinajstić information content (AvgIpc) is 2.61. The largest absolute Gasteiger partial charge is 0.477 e. The van der Waals surface area contributed by atoms with Crippen LogP contribution in [0.2, 0.25) is 0 Å². The molecule has 0 aliphatic carbocycles. The molecular weight excluding hydrogens is 224 g/mol. The van der Waals surface area contributed by atoms with Crippen molar-refractivity contribution in [1.29, 1.82) is 0 Å². The molecule has 82 valence electrons. The van der Waals surface area contributed by atoms with E-state index in [4.69, 9.17) is 10.8 Å². The number of benzene rings is 1. The van der Waals surface area contributed by atoms with Gasteiger partial charge < -0.3 is 10.8 Å². The molecule has 1 heterocycles. The molecule has 0 aliphatic rings. The van der Waals surface area contributed by atoms with E-state index in [9.17, 15) is 4.79 Å². The van der Waals surface area contributed by atoms with Crippen molar-refractivity contribution in [3.8, 4) is 11.3 Å². The van der Waals surface area contributed by atoms with Crippen LogP contribution in [0.3, 0.4) is 0 Å². The molecule has 2 aromatic rings. The molecule has 0 saturated carbocycles. The Morgan fingerprint density at radius 1 is 1.44 bits per heavy atom. The zero-order valence-corrected chi connectivity index (χ0v) is 9.41. The number of aryl methyl sites for hydroxylation is 1. The van der Waals surface area contributed by atoms with Crippen molar-refractivity contribution in [2.75, 3.05) is 5.73 Å². The van der Waals surface area contributed by atoms with Crippen LogP contribution in [0.5, 0.6) is 0 Å². The van der Waals surface area contributed by atoms with Gasteiger partial charge in [-0.25, -0.2) is 9.78 Å². The van der Waals surface area contributed by atoms with Crippen molar-refractivity contribution < 1.29 is 9.90 Å². The highest BCUT2D eigenvalue weighted by molar-refractivity contribution is 7.17. The number of carboxylic acids is 1. The van der Waals surface area contributed by atoms with Crippen LogP contribution in [0.15, 0.2) is 24.3 Å². The van der Waals surface area contributed by atoms with E-state index in [0.29, 0.717) is 5.69 Å². The van der Waals surface area contributed by atoms with Crippen LogP contribution in [0, 0.1) is 6.92 Å². The summed E-state index contributed by atoms with van der Waals surface area (Å²) in [5.41, 5.74) is 7.80. The molecule has 0 radical (unpaired) electrons. The minimum absolute atomic E-state index is 0.187. The second-order valence-electron chi connectivity index (χ2n) is 3.35. The smallest absolute Gasteiger partial charge is 0.348 e. The van der Waals surface area contributed by atoms with E-state index < -0.39 is 5.97 Å². The highest BCUT2D eigenvalue weighted by Crippen LogP contribution is 2.31. The van der Waals surface area contributed by atoms with Crippen LogP contribution in [-0.4, -0.2) is 16.1 Å². The normalized spacial score (nSPS) is 10.3. The van der Waals surface area contributed by atoms with E-state index in [2.05, 4.69) is 4.98 Å². The van der Waals surface area contributed by atoms with E-state index in [1.165, 1.54) is 0 Å². The van der Waals surface area contributed by atoms with E-state index in [-0.39, 0.29) is 10.0 Å². The first-order chi connectivity index (χ1) is 7.59. The number of aromatic nitrogens is 1. The molecule has 3 N–H and O–H groups in total. The topological polar surface area (TPSA) is 76.2 Å². The molecule has 0 fully saturated rings. The minimum Gasteiger partial charge on any atom is -0.477 e. The van der Waals surface area contributed by atoms with Gasteiger partial charge in [0.25, 0.3) is 0 Å². The number of thiazole rings is 1. The third-order valence-electron chi connectivity index (χ3n) is 2.24. The van der Waals surface area contributed by atoms with Crippen LogP contribution in [0.4, 0.5) is 5.13 Å². The molecule has 0 amide bonds. The molecule has 2 rings (SSSR count). The molecule has 0 spiro atoms. The van der Waals surface area contributed by atoms with Gasteiger partial charge in [0.15, 0.2) is 5.13 Å². The molecule has 0 saturated heterocycles. The summed E-state index contributed by atoms with van der Waals surface area (Å²) in [7, 11) is 0. The highest BCUT2D eigenvalue weighted by Gasteiger charge is 2.18. The SMILES string of the molecule is Cc1ccccc1-c1nc(N)sc1C(=O)O. The van der Waals surface area contributed by atoms with E-state index in [1.54, 1.807) is 0 Å². The predicted molar refractivity (Wildman–Crippen MR) is 63.7 cm³/mol. The number of carboxylic acid groups (broad SMARTS) is 1. The van der Waals surface area contributed by atoms with E-state index in [0.717, 1.165) is 22.5 Å².